The number of amides is 2. The highest BCUT2D eigenvalue weighted by molar-refractivity contribution is 5.93. The van der Waals surface area contributed by atoms with Crippen LogP contribution in [0.25, 0.3) is 0 Å². The number of rotatable bonds is 7. The third kappa shape index (κ3) is 8.61. The van der Waals surface area contributed by atoms with Gasteiger partial charge in [0.25, 0.3) is 0 Å². The van der Waals surface area contributed by atoms with E-state index in [4.69, 9.17) is 15.2 Å². The van der Waals surface area contributed by atoms with Gasteiger partial charge in [0.2, 0.25) is 0 Å². The molecule has 3 N–H and O–H groups in total. The number of imide groups is 1. The molecular formula is C20H32N2O6. The lowest BCUT2D eigenvalue weighted by molar-refractivity contribution is -0.143. The molecule has 2 amide bonds. The Morgan fingerprint density at radius 3 is 2.50 bits per heavy atom. The van der Waals surface area contributed by atoms with Crippen LogP contribution in [0.2, 0.25) is 0 Å². The fourth-order valence-electron chi connectivity index (χ4n) is 2.73. The largest absolute Gasteiger partial charge is 0.480 e. The number of nitrogens with zero attached hydrogens (tertiary/aromatic N) is 1. The first kappa shape index (κ1) is 23.8. The van der Waals surface area contributed by atoms with Crippen molar-refractivity contribution in [2.45, 2.75) is 89.9 Å². The molecule has 0 radical (unpaired) electrons. The first-order valence-electron chi connectivity index (χ1n) is 9.80. The minimum absolute atomic E-state index is 0.0667. The molecule has 0 aliphatic heterocycles. The van der Waals surface area contributed by atoms with Gasteiger partial charge in [-0.25, -0.2) is 14.4 Å². The second-order valence-corrected chi connectivity index (χ2v) is 7.78. The highest BCUT2D eigenvalue weighted by Crippen LogP contribution is 2.19. The zero-order valence-corrected chi connectivity index (χ0v) is 17.0. The molecule has 1 aliphatic rings. The first-order chi connectivity index (χ1) is 13.2. The summed E-state index contributed by atoms with van der Waals surface area (Å²) in [5.74, 6) is 4.53. The van der Waals surface area contributed by atoms with Crippen LogP contribution in [-0.4, -0.2) is 52.5 Å². The molecule has 0 saturated carbocycles. The van der Waals surface area contributed by atoms with E-state index in [9.17, 15) is 19.5 Å². The lowest BCUT2D eigenvalue weighted by atomic mass is 10.1. The van der Waals surface area contributed by atoms with E-state index >= 15 is 0 Å². The number of carbonyl (C=O) groups excluding carboxylic acids is 2. The molecule has 8 heteroatoms. The Hall–Kier alpha value is -2.27. The average molecular weight is 396 g/mol. The summed E-state index contributed by atoms with van der Waals surface area (Å²) in [5.41, 5.74) is 4.57. The zero-order chi connectivity index (χ0) is 21.2. The van der Waals surface area contributed by atoms with Crippen LogP contribution in [0.5, 0.6) is 0 Å². The quantitative estimate of drug-likeness (QED) is 0.500. The van der Waals surface area contributed by atoms with Crippen molar-refractivity contribution >= 4 is 18.2 Å². The smallest absolute Gasteiger partial charge is 0.421 e. The minimum Gasteiger partial charge on any atom is -0.480 e. The van der Waals surface area contributed by atoms with Crippen LogP contribution in [0.4, 0.5) is 9.59 Å². The van der Waals surface area contributed by atoms with E-state index in [1.807, 2.05) is 0 Å². The summed E-state index contributed by atoms with van der Waals surface area (Å²) in [6.07, 6.45) is 2.43. The average Bonchev–Trinajstić information content (AvgIpc) is 2.54. The fourth-order valence-corrected chi connectivity index (χ4v) is 2.73. The lowest BCUT2D eigenvalue weighted by Gasteiger charge is -2.30. The molecule has 0 aromatic heterocycles. The number of carboxylic acid groups (broad SMARTS) is 1. The van der Waals surface area contributed by atoms with E-state index in [2.05, 4.69) is 11.8 Å². The van der Waals surface area contributed by atoms with Gasteiger partial charge in [0, 0.05) is 6.42 Å². The predicted molar refractivity (Wildman–Crippen MR) is 104 cm³/mol. The molecule has 1 aliphatic carbocycles. The van der Waals surface area contributed by atoms with Crippen molar-refractivity contribution in [3.63, 3.8) is 0 Å². The van der Waals surface area contributed by atoms with Crippen molar-refractivity contribution in [3.8, 4) is 11.8 Å². The predicted octanol–water partition coefficient (Wildman–Crippen LogP) is 3.28. The summed E-state index contributed by atoms with van der Waals surface area (Å²) in [4.78, 5) is 37.7. The normalized spacial score (nSPS) is 17.9. The molecular weight excluding hydrogens is 364 g/mol. The molecule has 0 aromatic rings. The summed E-state index contributed by atoms with van der Waals surface area (Å²) >= 11 is 0. The third-order valence-corrected chi connectivity index (χ3v) is 4.09. The number of aliphatic carboxylic acids is 1. The van der Waals surface area contributed by atoms with Gasteiger partial charge in [0.15, 0.2) is 6.10 Å². The summed E-state index contributed by atoms with van der Waals surface area (Å²) in [6.45, 7) is 5.30. The maximum absolute atomic E-state index is 12.8. The van der Waals surface area contributed by atoms with E-state index < -0.39 is 35.9 Å². The van der Waals surface area contributed by atoms with Crippen molar-refractivity contribution in [1.29, 1.82) is 0 Å². The molecule has 0 fully saturated rings. The van der Waals surface area contributed by atoms with Gasteiger partial charge in [0.1, 0.15) is 11.6 Å². The van der Waals surface area contributed by atoms with Crippen LogP contribution in [-0.2, 0) is 14.3 Å². The second kappa shape index (κ2) is 11.5. The van der Waals surface area contributed by atoms with Gasteiger partial charge < -0.3 is 20.3 Å². The summed E-state index contributed by atoms with van der Waals surface area (Å²) in [7, 11) is 0. The van der Waals surface area contributed by atoms with Gasteiger partial charge in [-0.05, 0) is 65.8 Å². The van der Waals surface area contributed by atoms with Crippen LogP contribution in [0.1, 0.15) is 72.1 Å². The fraction of sp³-hybridized carbons (Fsp3) is 0.750. The molecule has 28 heavy (non-hydrogen) atoms. The van der Waals surface area contributed by atoms with Crippen LogP contribution in [0, 0.1) is 11.8 Å². The van der Waals surface area contributed by atoms with E-state index in [0.29, 0.717) is 30.7 Å². The molecule has 8 nitrogen and oxygen atoms in total. The number of carboxylic acids is 1. The molecule has 158 valence electrons. The highest BCUT2D eigenvalue weighted by Gasteiger charge is 2.39. The Morgan fingerprint density at radius 2 is 1.89 bits per heavy atom. The van der Waals surface area contributed by atoms with Crippen molar-refractivity contribution in [2.75, 3.05) is 6.54 Å². The van der Waals surface area contributed by atoms with Crippen LogP contribution in [0.3, 0.4) is 0 Å². The Labute approximate surface area is 166 Å². The minimum atomic E-state index is -1.39. The zero-order valence-electron chi connectivity index (χ0n) is 17.0. The van der Waals surface area contributed by atoms with Crippen molar-refractivity contribution in [1.82, 2.24) is 4.90 Å². The molecule has 0 saturated heterocycles. The van der Waals surface area contributed by atoms with E-state index in [0.717, 1.165) is 25.7 Å². The summed E-state index contributed by atoms with van der Waals surface area (Å²) in [6, 6.07) is -1.39. The number of nitrogens with two attached hydrogens (primary N) is 1. The standard InChI is InChI=1S/C20H32N2O6/c1-20(2,3)28-19(26)22(16(17(23)24)13-9-10-14-21)18(25)27-15-11-7-5-4-6-8-12-15/h15-16H,4-7,9-11,13-14,21H2,1-3H3,(H,23,24)/t15?,16-/m0/s1. The monoisotopic (exact) mass is 396 g/mol. The Balaban J connectivity index is 3.03. The van der Waals surface area contributed by atoms with Gasteiger partial charge in [0.05, 0.1) is 0 Å². The molecule has 0 spiro atoms. The van der Waals surface area contributed by atoms with Crippen LogP contribution in [0.15, 0.2) is 0 Å². The van der Waals surface area contributed by atoms with Gasteiger partial charge >= 0.3 is 18.2 Å². The maximum Gasteiger partial charge on any atom is 0.421 e. The van der Waals surface area contributed by atoms with Gasteiger partial charge in [-0.1, -0.05) is 18.3 Å². The van der Waals surface area contributed by atoms with Gasteiger partial charge in [-0.15, -0.1) is 0 Å². The Bertz CT molecular complexity index is 602. The van der Waals surface area contributed by atoms with Crippen molar-refractivity contribution in [3.05, 3.63) is 0 Å². The number of unbranched alkanes of at least 4 members (excludes halogenated alkanes) is 1. The number of hydrogen-bond donors (Lipinski definition) is 2. The van der Waals surface area contributed by atoms with Crippen molar-refractivity contribution < 1.29 is 29.0 Å². The topological polar surface area (TPSA) is 119 Å². The number of ether oxygens (including phenoxy) is 2. The van der Waals surface area contributed by atoms with E-state index in [1.165, 1.54) is 0 Å². The molecule has 0 bridgehead atoms. The van der Waals surface area contributed by atoms with E-state index in [1.54, 1.807) is 20.8 Å². The number of carbonyl (C=O) groups is 3. The number of hydrogen-bond acceptors (Lipinski definition) is 6. The van der Waals surface area contributed by atoms with Gasteiger partial charge in [-0.3, -0.25) is 0 Å². The maximum atomic E-state index is 12.8. The SMILES string of the molecule is CC(C)(C)OC(=O)N(C(=O)OC1C#CCCCCC1)[C@@H](CCCCN)C(=O)O. The molecule has 0 heterocycles. The summed E-state index contributed by atoms with van der Waals surface area (Å²) < 4.78 is 10.6. The Morgan fingerprint density at radius 1 is 1.18 bits per heavy atom. The van der Waals surface area contributed by atoms with Crippen molar-refractivity contribution in [2.24, 2.45) is 5.73 Å². The molecule has 1 unspecified atom stereocenters. The van der Waals surface area contributed by atoms with Crippen LogP contribution >= 0.6 is 0 Å². The summed E-state index contributed by atoms with van der Waals surface area (Å²) in [5, 5.41) is 9.61. The van der Waals surface area contributed by atoms with Crippen LogP contribution < -0.4 is 5.73 Å². The molecule has 1 rings (SSSR count). The highest BCUT2D eigenvalue weighted by atomic mass is 16.6. The van der Waals surface area contributed by atoms with E-state index in [-0.39, 0.29) is 6.42 Å². The molecule has 2 atom stereocenters. The lowest BCUT2D eigenvalue weighted by Crippen LogP contribution is -2.51. The van der Waals surface area contributed by atoms with Gasteiger partial charge in [-0.2, -0.15) is 4.90 Å². The molecule has 0 aromatic carbocycles. The first-order valence-corrected chi connectivity index (χ1v) is 9.80. The second-order valence-electron chi connectivity index (χ2n) is 7.78. The Kier molecular flexibility index (Phi) is 9.80. The third-order valence-electron chi connectivity index (χ3n) is 4.09.